The maximum atomic E-state index is 11.3. The lowest BCUT2D eigenvalue weighted by atomic mass is 10.1. The van der Waals surface area contributed by atoms with Gasteiger partial charge in [-0.25, -0.2) is 9.59 Å². The van der Waals surface area contributed by atoms with E-state index in [2.05, 4.69) is 0 Å². The monoisotopic (exact) mass is 322 g/mol. The SMILES string of the molecule is COc1ccc(-c2sc(C(=O)O)c(OCC(=O)O)c2C)cc1. The van der Waals surface area contributed by atoms with Gasteiger partial charge in [0.1, 0.15) is 11.5 Å². The maximum Gasteiger partial charge on any atom is 0.349 e. The van der Waals surface area contributed by atoms with Crippen molar-refractivity contribution in [2.75, 3.05) is 13.7 Å². The van der Waals surface area contributed by atoms with Crippen molar-refractivity contribution in [2.45, 2.75) is 6.92 Å². The van der Waals surface area contributed by atoms with Crippen molar-refractivity contribution in [3.8, 4) is 21.9 Å². The highest BCUT2D eigenvalue weighted by atomic mass is 32.1. The molecule has 1 aromatic heterocycles. The molecule has 116 valence electrons. The summed E-state index contributed by atoms with van der Waals surface area (Å²) in [6.45, 7) is 1.12. The molecule has 0 aliphatic carbocycles. The van der Waals surface area contributed by atoms with Gasteiger partial charge in [0.05, 0.1) is 7.11 Å². The number of rotatable bonds is 6. The number of carboxylic acids is 2. The number of benzene rings is 1. The molecular formula is C15H14O6S. The largest absolute Gasteiger partial charge is 0.497 e. The minimum atomic E-state index is -1.16. The molecule has 0 atom stereocenters. The molecule has 0 aliphatic rings. The Labute approximate surface area is 130 Å². The van der Waals surface area contributed by atoms with E-state index < -0.39 is 18.5 Å². The Hall–Kier alpha value is -2.54. The molecule has 1 heterocycles. The summed E-state index contributed by atoms with van der Waals surface area (Å²) >= 11 is 1.05. The summed E-state index contributed by atoms with van der Waals surface area (Å²) in [7, 11) is 1.56. The van der Waals surface area contributed by atoms with E-state index in [1.54, 1.807) is 26.2 Å². The highest BCUT2D eigenvalue weighted by molar-refractivity contribution is 7.18. The van der Waals surface area contributed by atoms with Crippen molar-refractivity contribution in [3.63, 3.8) is 0 Å². The zero-order valence-electron chi connectivity index (χ0n) is 12.0. The van der Waals surface area contributed by atoms with Crippen LogP contribution in [0.15, 0.2) is 24.3 Å². The molecule has 0 radical (unpaired) electrons. The number of hydrogen-bond donors (Lipinski definition) is 2. The molecule has 0 amide bonds. The lowest BCUT2D eigenvalue weighted by Gasteiger charge is -2.05. The zero-order chi connectivity index (χ0) is 16.3. The van der Waals surface area contributed by atoms with E-state index in [1.165, 1.54) is 0 Å². The molecular weight excluding hydrogens is 308 g/mol. The van der Waals surface area contributed by atoms with Crippen LogP contribution in [0.5, 0.6) is 11.5 Å². The minimum Gasteiger partial charge on any atom is -0.497 e. The van der Waals surface area contributed by atoms with Crippen LogP contribution < -0.4 is 9.47 Å². The molecule has 2 aromatic rings. The molecule has 0 bridgehead atoms. The van der Waals surface area contributed by atoms with E-state index >= 15 is 0 Å². The van der Waals surface area contributed by atoms with Crippen LogP contribution in [0, 0.1) is 6.92 Å². The van der Waals surface area contributed by atoms with Crippen molar-refractivity contribution < 1.29 is 29.3 Å². The van der Waals surface area contributed by atoms with Crippen LogP contribution in [0.25, 0.3) is 10.4 Å². The van der Waals surface area contributed by atoms with Crippen LogP contribution in [0.2, 0.25) is 0 Å². The van der Waals surface area contributed by atoms with Gasteiger partial charge >= 0.3 is 11.9 Å². The van der Waals surface area contributed by atoms with Gasteiger partial charge in [0.15, 0.2) is 11.5 Å². The van der Waals surface area contributed by atoms with Crippen LogP contribution in [0.1, 0.15) is 15.2 Å². The number of carbonyl (C=O) groups is 2. The Bertz CT molecular complexity index is 702. The molecule has 0 unspecified atom stereocenters. The molecule has 0 fully saturated rings. The van der Waals surface area contributed by atoms with Gasteiger partial charge < -0.3 is 19.7 Å². The quantitative estimate of drug-likeness (QED) is 0.849. The number of carboxylic acid groups (broad SMARTS) is 2. The molecule has 22 heavy (non-hydrogen) atoms. The van der Waals surface area contributed by atoms with Crippen LogP contribution in [-0.2, 0) is 4.79 Å². The number of thiophene rings is 1. The first kappa shape index (κ1) is 15.8. The molecule has 2 rings (SSSR count). The van der Waals surface area contributed by atoms with E-state index in [-0.39, 0.29) is 10.6 Å². The van der Waals surface area contributed by atoms with Crippen molar-refractivity contribution in [2.24, 2.45) is 0 Å². The molecule has 0 spiro atoms. The zero-order valence-corrected chi connectivity index (χ0v) is 12.8. The molecule has 6 nitrogen and oxygen atoms in total. The second-order valence-electron chi connectivity index (χ2n) is 4.43. The van der Waals surface area contributed by atoms with Crippen LogP contribution in [0.3, 0.4) is 0 Å². The summed E-state index contributed by atoms with van der Waals surface area (Å²) in [5.41, 5.74) is 1.42. The number of methoxy groups -OCH3 is 1. The summed E-state index contributed by atoms with van der Waals surface area (Å²) in [6.07, 6.45) is 0. The third-order valence-corrected chi connectivity index (χ3v) is 4.29. The second kappa shape index (κ2) is 6.48. The second-order valence-corrected chi connectivity index (χ2v) is 5.45. The molecule has 1 aromatic carbocycles. The predicted octanol–water partition coefficient (Wildman–Crippen LogP) is 2.89. The van der Waals surface area contributed by atoms with Crippen molar-refractivity contribution >= 4 is 23.3 Å². The average molecular weight is 322 g/mol. The van der Waals surface area contributed by atoms with Gasteiger partial charge in [-0.3, -0.25) is 0 Å². The third kappa shape index (κ3) is 3.20. The standard InChI is InChI=1S/C15H14O6S/c1-8-12(21-7-11(16)17)14(15(18)19)22-13(8)9-3-5-10(20-2)6-4-9/h3-6H,7H2,1-2H3,(H,16,17)(H,18,19). The average Bonchev–Trinajstić information content (AvgIpc) is 2.82. The van der Waals surface area contributed by atoms with Crippen molar-refractivity contribution in [3.05, 3.63) is 34.7 Å². The summed E-state index contributed by atoms with van der Waals surface area (Å²) < 4.78 is 10.2. The van der Waals surface area contributed by atoms with E-state index in [9.17, 15) is 14.7 Å². The summed E-state index contributed by atoms with van der Waals surface area (Å²) in [5, 5.41) is 18.0. The summed E-state index contributed by atoms with van der Waals surface area (Å²) in [4.78, 5) is 22.7. The van der Waals surface area contributed by atoms with E-state index in [0.717, 1.165) is 21.8 Å². The van der Waals surface area contributed by atoms with Crippen LogP contribution >= 0.6 is 11.3 Å². The Morgan fingerprint density at radius 2 is 1.82 bits per heavy atom. The Kier molecular flexibility index (Phi) is 4.67. The van der Waals surface area contributed by atoms with Crippen molar-refractivity contribution in [1.29, 1.82) is 0 Å². The van der Waals surface area contributed by atoms with E-state index in [1.807, 2.05) is 12.1 Å². The van der Waals surface area contributed by atoms with E-state index in [4.69, 9.17) is 14.6 Å². The lowest BCUT2D eigenvalue weighted by Crippen LogP contribution is -2.11. The fraction of sp³-hybridized carbons (Fsp3) is 0.200. The molecule has 0 aliphatic heterocycles. The normalized spacial score (nSPS) is 10.3. The number of aliphatic carboxylic acids is 1. The summed E-state index contributed by atoms with van der Waals surface area (Å²) in [6, 6.07) is 7.16. The molecule has 2 N–H and O–H groups in total. The molecule has 0 saturated carbocycles. The highest BCUT2D eigenvalue weighted by Crippen LogP contribution is 2.41. The fourth-order valence-electron chi connectivity index (χ4n) is 1.96. The van der Waals surface area contributed by atoms with Gasteiger partial charge in [0.2, 0.25) is 0 Å². The van der Waals surface area contributed by atoms with Crippen LogP contribution in [0.4, 0.5) is 0 Å². The summed E-state index contributed by atoms with van der Waals surface area (Å²) in [5.74, 6) is -1.51. The third-order valence-electron chi connectivity index (χ3n) is 2.98. The first-order valence-corrected chi connectivity index (χ1v) is 7.11. The molecule has 7 heteroatoms. The maximum absolute atomic E-state index is 11.3. The first-order valence-electron chi connectivity index (χ1n) is 6.29. The Morgan fingerprint density at radius 1 is 1.18 bits per heavy atom. The van der Waals surface area contributed by atoms with Crippen molar-refractivity contribution in [1.82, 2.24) is 0 Å². The number of aromatic carboxylic acids is 1. The topological polar surface area (TPSA) is 93.1 Å². The molecule has 0 saturated heterocycles. The van der Waals surface area contributed by atoms with Gasteiger partial charge in [0.25, 0.3) is 0 Å². The van der Waals surface area contributed by atoms with Gasteiger partial charge in [-0.15, -0.1) is 11.3 Å². The van der Waals surface area contributed by atoms with Gasteiger partial charge in [-0.1, -0.05) is 0 Å². The smallest absolute Gasteiger partial charge is 0.349 e. The predicted molar refractivity (Wildman–Crippen MR) is 81.1 cm³/mol. The van der Waals surface area contributed by atoms with Gasteiger partial charge in [-0.2, -0.15) is 0 Å². The Balaban J connectivity index is 2.45. The Morgan fingerprint density at radius 3 is 2.32 bits per heavy atom. The number of ether oxygens (including phenoxy) is 2. The fourth-order valence-corrected chi connectivity index (χ4v) is 3.06. The highest BCUT2D eigenvalue weighted by Gasteiger charge is 2.23. The van der Waals surface area contributed by atoms with Gasteiger partial charge in [0, 0.05) is 10.4 Å². The van der Waals surface area contributed by atoms with Gasteiger partial charge in [-0.05, 0) is 36.8 Å². The van der Waals surface area contributed by atoms with Crippen LogP contribution in [-0.4, -0.2) is 35.9 Å². The minimum absolute atomic E-state index is 0.00966. The lowest BCUT2D eigenvalue weighted by molar-refractivity contribution is -0.139. The first-order chi connectivity index (χ1) is 10.4. The van der Waals surface area contributed by atoms with E-state index in [0.29, 0.717) is 11.3 Å². The number of hydrogen-bond acceptors (Lipinski definition) is 5.